The van der Waals surface area contributed by atoms with E-state index >= 15 is 0 Å². The van der Waals surface area contributed by atoms with E-state index in [1.165, 1.54) is 24.2 Å². The first-order chi connectivity index (χ1) is 14.6. The first-order valence-electron chi connectivity index (χ1n) is 10.6. The molecule has 0 aliphatic carbocycles. The van der Waals surface area contributed by atoms with Crippen LogP contribution >= 0.6 is 27.3 Å². The van der Waals surface area contributed by atoms with Gasteiger partial charge in [-0.25, -0.2) is 4.98 Å². The van der Waals surface area contributed by atoms with Crippen molar-refractivity contribution in [2.45, 2.75) is 44.6 Å². The molecule has 3 heterocycles. The monoisotopic (exact) mass is 490 g/mol. The Morgan fingerprint density at radius 2 is 1.80 bits per heavy atom. The summed E-state index contributed by atoms with van der Waals surface area (Å²) >= 11 is 4.82. The first kappa shape index (κ1) is 21.5. The minimum Gasteiger partial charge on any atom is -0.342 e. The van der Waals surface area contributed by atoms with Crippen LogP contribution in [-0.2, 0) is 4.79 Å². The number of nitrogens with zero attached hydrogens (tertiary/aromatic N) is 3. The van der Waals surface area contributed by atoms with Gasteiger partial charge in [0.1, 0.15) is 0 Å². The number of hydrogen-bond donors (Lipinski definition) is 1. The van der Waals surface area contributed by atoms with Gasteiger partial charge in [0.25, 0.3) is 5.91 Å². The molecule has 0 radical (unpaired) electrons. The third kappa shape index (κ3) is 5.28. The van der Waals surface area contributed by atoms with Crippen LogP contribution in [-0.4, -0.2) is 52.8 Å². The largest absolute Gasteiger partial charge is 0.342 e. The maximum absolute atomic E-state index is 12.8. The van der Waals surface area contributed by atoms with Crippen LogP contribution in [0.1, 0.15) is 60.6 Å². The second-order valence-electron chi connectivity index (χ2n) is 7.96. The fraction of sp³-hybridized carbons (Fsp3) is 0.500. The molecule has 2 aliphatic heterocycles. The van der Waals surface area contributed by atoms with E-state index in [9.17, 15) is 9.59 Å². The van der Waals surface area contributed by atoms with Crippen LogP contribution in [0.4, 0.5) is 5.13 Å². The van der Waals surface area contributed by atoms with E-state index in [0.717, 1.165) is 55.5 Å². The van der Waals surface area contributed by atoms with Crippen LogP contribution in [0.25, 0.3) is 0 Å². The Balaban J connectivity index is 1.37. The standard InChI is InChI=1S/C22H27BrN4O2S/c23-17-9-7-16(8-10-17)21(29)25-22-24-18(15-30-22)19-6-5-13-27(19)14-20(28)26-11-3-1-2-4-12-26/h7-10,15,19H,1-6,11-14H2,(H,24,25,29). The van der Waals surface area contributed by atoms with Crippen LogP contribution < -0.4 is 5.32 Å². The van der Waals surface area contributed by atoms with E-state index in [1.54, 1.807) is 12.1 Å². The highest BCUT2D eigenvalue weighted by atomic mass is 79.9. The topological polar surface area (TPSA) is 65.5 Å². The van der Waals surface area contributed by atoms with Crippen LogP contribution in [0.2, 0.25) is 0 Å². The number of amides is 2. The quantitative estimate of drug-likeness (QED) is 0.659. The number of carbonyl (C=O) groups excluding carboxylic acids is 2. The summed E-state index contributed by atoms with van der Waals surface area (Å²) in [4.78, 5) is 34.2. The molecule has 2 saturated heterocycles. The average Bonchev–Trinajstić information content (AvgIpc) is 3.29. The molecule has 0 spiro atoms. The van der Waals surface area contributed by atoms with Gasteiger partial charge in [0.15, 0.2) is 5.13 Å². The summed E-state index contributed by atoms with van der Waals surface area (Å²) in [7, 11) is 0. The lowest BCUT2D eigenvalue weighted by Crippen LogP contribution is -2.40. The molecule has 1 atom stereocenters. The average molecular weight is 491 g/mol. The molecule has 2 amide bonds. The second-order valence-corrected chi connectivity index (χ2v) is 9.74. The molecule has 8 heteroatoms. The molecule has 1 N–H and O–H groups in total. The molecule has 2 aromatic rings. The van der Waals surface area contributed by atoms with Crippen LogP contribution in [0.15, 0.2) is 34.1 Å². The lowest BCUT2D eigenvalue weighted by Gasteiger charge is -2.27. The van der Waals surface area contributed by atoms with E-state index in [2.05, 4.69) is 31.1 Å². The van der Waals surface area contributed by atoms with E-state index in [1.807, 2.05) is 22.4 Å². The molecule has 1 aromatic carbocycles. The molecule has 4 rings (SSSR count). The molecule has 0 saturated carbocycles. The predicted octanol–water partition coefficient (Wildman–Crippen LogP) is 4.70. The summed E-state index contributed by atoms with van der Waals surface area (Å²) in [5.41, 5.74) is 1.55. The van der Waals surface area contributed by atoms with Crippen LogP contribution in [0, 0.1) is 0 Å². The first-order valence-corrected chi connectivity index (χ1v) is 12.3. The van der Waals surface area contributed by atoms with Crippen LogP contribution in [0.5, 0.6) is 0 Å². The highest BCUT2D eigenvalue weighted by molar-refractivity contribution is 9.10. The SMILES string of the molecule is O=C(Nc1nc(C2CCCN2CC(=O)N2CCCCCC2)cs1)c1ccc(Br)cc1. The van der Waals surface area contributed by atoms with Crippen molar-refractivity contribution >= 4 is 44.2 Å². The maximum atomic E-state index is 12.8. The summed E-state index contributed by atoms with van der Waals surface area (Å²) in [6.45, 7) is 3.16. The van der Waals surface area contributed by atoms with Gasteiger partial charge in [0.2, 0.25) is 5.91 Å². The van der Waals surface area contributed by atoms with Gasteiger partial charge in [-0.15, -0.1) is 11.3 Å². The smallest absolute Gasteiger partial charge is 0.257 e. The Kier molecular flexibility index (Phi) is 7.17. The van der Waals surface area contributed by atoms with Gasteiger partial charge in [0, 0.05) is 28.5 Å². The Bertz CT molecular complexity index is 878. The zero-order chi connectivity index (χ0) is 20.9. The molecule has 1 unspecified atom stereocenters. The summed E-state index contributed by atoms with van der Waals surface area (Å²) < 4.78 is 0.937. The van der Waals surface area contributed by atoms with E-state index < -0.39 is 0 Å². The molecule has 0 bridgehead atoms. The molecule has 6 nitrogen and oxygen atoms in total. The van der Waals surface area contributed by atoms with E-state index in [0.29, 0.717) is 17.2 Å². The minimum atomic E-state index is -0.164. The molecule has 2 fully saturated rings. The normalized spacial score (nSPS) is 20.2. The van der Waals surface area contributed by atoms with Crippen molar-refractivity contribution in [3.05, 3.63) is 45.4 Å². The number of likely N-dealkylation sites (tertiary alicyclic amines) is 2. The number of thiazole rings is 1. The number of rotatable bonds is 5. The van der Waals surface area contributed by atoms with Crippen molar-refractivity contribution in [1.29, 1.82) is 0 Å². The Labute approximate surface area is 189 Å². The fourth-order valence-electron chi connectivity index (χ4n) is 4.21. The summed E-state index contributed by atoms with van der Waals surface area (Å²) in [5.74, 6) is 0.0748. The zero-order valence-corrected chi connectivity index (χ0v) is 19.4. The van der Waals surface area contributed by atoms with Crippen molar-refractivity contribution in [2.75, 3.05) is 31.5 Å². The highest BCUT2D eigenvalue weighted by Crippen LogP contribution is 2.33. The Morgan fingerprint density at radius 1 is 1.07 bits per heavy atom. The lowest BCUT2D eigenvalue weighted by atomic mass is 10.1. The zero-order valence-electron chi connectivity index (χ0n) is 17.0. The van der Waals surface area contributed by atoms with E-state index in [-0.39, 0.29) is 17.9 Å². The minimum absolute atomic E-state index is 0.149. The highest BCUT2D eigenvalue weighted by Gasteiger charge is 2.31. The summed E-state index contributed by atoms with van der Waals surface area (Å²) in [6, 6.07) is 7.40. The van der Waals surface area contributed by atoms with Gasteiger partial charge in [-0.2, -0.15) is 0 Å². The third-order valence-corrected chi connectivity index (χ3v) is 7.16. The number of anilines is 1. The predicted molar refractivity (Wildman–Crippen MR) is 123 cm³/mol. The van der Waals surface area contributed by atoms with Crippen LogP contribution in [0.3, 0.4) is 0 Å². The lowest BCUT2D eigenvalue weighted by molar-refractivity contribution is -0.132. The van der Waals surface area contributed by atoms with Crippen molar-refractivity contribution < 1.29 is 9.59 Å². The van der Waals surface area contributed by atoms with Gasteiger partial charge in [0.05, 0.1) is 18.3 Å². The maximum Gasteiger partial charge on any atom is 0.257 e. The van der Waals surface area contributed by atoms with Crippen molar-refractivity contribution in [3.8, 4) is 0 Å². The molecular formula is C22H27BrN4O2S. The molecule has 2 aliphatic rings. The molecular weight excluding hydrogens is 464 g/mol. The van der Waals surface area contributed by atoms with Crippen molar-refractivity contribution in [3.63, 3.8) is 0 Å². The number of aromatic nitrogens is 1. The van der Waals surface area contributed by atoms with Gasteiger partial charge < -0.3 is 4.90 Å². The Morgan fingerprint density at radius 3 is 2.53 bits per heavy atom. The van der Waals surface area contributed by atoms with E-state index in [4.69, 9.17) is 0 Å². The van der Waals surface area contributed by atoms with Gasteiger partial charge >= 0.3 is 0 Å². The van der Waals surface area contributed by atoms with Gasteiger partial charge in [-0.05, 0) is 56.5 Å². The summed E-state index contributed by atoms with van der Waals surface area (Å²) in [6.07, 6.45) is 6.74. The molecule has 30 heavy (non-hydrogen) atoms. The third-order valence-electron chi connectivity index (χ3n) is 5.85. The van der Waals surface area contributed by atoms with Crippen molar-refractivity contribution in [1.82, 2.24) is 14.8 Å². The number of carbonyl (C=O) groups is 2. The number of hydrogen-bond acceptors (Lipinski definition) is 5. The molecule has 1 aromatic heterocycles. The number of benzene rings is 1. The number of nitrogens with one attached hydrogen (secondary N) is 1. The van der Waals surface area contributed by atoms with Crippen molar-refractivity contribution in [2.24, 2.45) is 0 Å². The van der Waals surface area contributed by atoms with Gasteiger partial charge in [-0.3, -0.25) is 19.8 Å². The fourth-order valence-corrected chi connectivity index (χ4v) is 5.23. The summed E-state index contributed by atoms with van der Waals surface area (Å²) in [5, 5.41) is 5.51. The second kappa shape index (κ2) is 10.0. The van der Waals surface area contributed by atoms with Gasteiger partial charge in [-0.1, -0.05) is 28.8 Å². The Hall–Kier alpha value is -1.77. The molecule has 160 valence electrons. The number of halogens is 1.